The van der Waals surface area contributed by atoms with Gasteiger partial charge >= 0.3 is 0 Å². The molecule has 3 aromatic rings. The van der Waals surface area contributed by atoms with Crippen molar-refractivity contribution >= 4 is 28.8 Å². The van der Waals surface area contributed by atoms with Crippen LogP contribution >= 0.6 is 0 Å². The lowest BCUT2D eigenvalue weighted by Crippen LogP contribution is -2.33. The van der Waals surface area contributed by atoms with Crippen LogP contribution in [0.4, 0.5) is 15.8 Å². The number of hydrogen-bond acceptors (Lipinski definition) is 5. The topological polar surface area (TPSA) is 67.9 Å². The average molecular weight is 432 g/mol. The fourth-order valence-corrected chi connectivity index (χ4v) is 3.65. The van der Waals surface area contributed by atoms with Crippen LogP contribution in [0.3, 0.4) is 0 Å². The lowest BCUT2D eigenvalue weighted by atomic mass is 10.0. The maximum absolute atomic E-state index is 13.8. The number of amides is 2. The number of para-hydroxylation sites is 1. The van der Waals surface area contributed by atoms with E-state index in [1.807, 2.05) is 19.1 Å². The van der Waals surface area contributed by atoms with E-state index in [-0.39, 0.29) is 11.3 Å². The Morgan fingerprint density at radius 3 is 2.28 bits per heavy atom. The van der Waals surface area contributed by atoms with Crippen molar-refractivity contribution in [1.82, 2.24) is 0 Å². The van der Waals surface area contributed by atoms with Crippen LogP contribution in [0, 0.1) is 12.7 Å². The zero-order valence-corrected chi connectivity index (χ0v) is 17.8. The van der Waals surface area contributed by atoms with Crippen molar-refractivity contribution in [3.8, 4) is 11.5 Å². The minimum Gasteiger partial charge on any atom is -0.493 e. The molecule has 1 aliphatic rings. The lowest BCUT2D eigenvalue weighted by Gasteiger charge is -2.17. The quantitative estimate of drug-likeness (QED) is 0.579. The first kappa shape index (κ1) is 21.1. The molecule has 0 spiro atoms. The van der Waals surface area contributed by atoms with Crippen LogP contribution in [0.5, 0.6) is 11.5 Å². The first-order valence-electron chi connectivity index (χ1n) is 9.88. The number of hydrogen-bond donors (Lipinski definition) is 1. The molecular formula is C25H21FN2O4. The number of benzene rings is 3. The second kappa shape index (κ2) is 8.55. The number of rotatable bonds is 6. The highest BCUT2D eigenvalue weighted by atomic mass is 19.1. The van der Waals surface area contributed by atoms with Gasteiger partial charge in [0.15, 0.2) is 11.5 Å². The Hall–Kier alpha value is -4.13. The molecule has 0 saturated heterocycles. The summed E-state index contributed by atoms with van der Waals surface area (Å²) in [6.45, 7) is 1.82. The Kier molecular flexibility index (Phi) is 5.64. The SMILES string of the molecule is COc1ccc(C2=C(Nc3cccc(F)c3)C(=O)N(c3ccccc3C)C2=O)cc1OC. The number of ether oxygens (including phenoxy) is 2. The first-order valence-corrected chi connectivity index (χ1v) is 9.88. The first-order chi connectivity index (χ1) is 15.4. The predicted octanol–water partition coefficient (Wildman–Crippen LogP) is 4.55. The molecular weight excluding hydrogens is 411 g/mol. The van der Waals surface area contributed by atoms with Crippen LogP contribution in [-0.2, 0) is 9.59 Å². The summed E-state index contributed by atoms with van der Waals surface area (Å²) in [6, 6.07) is 17.8. The standard InChI is InChI=1S/C25H21FN2O4/c1-15-7-4-5-10-19(15)28-24(29)22(16-11-12-20(31-2)21(13-16)32-3)23(25(28)30)27-18-9-6-8-17(26)14-18/h4-14,27H,1-3H3. The highest BCUT2D eigenvalue weighted by molar-refractivity contribution is 6.46. The zero-order chi connectivity index (χ0) is 22.8. The molecule has 0 atom stereocenters. The van der Waals surface area contributed by atoms with E-state index < -0.39 is 17.6 Å². The number of methoxy groups -OCH3 is 2. The van der Waals surface area contributed by atoms with Crippen LogP contribution in [0.15, 0.2) is 72.4 Å². The molecule has 6 nitrogen and oxygen atoms in total. The molecule has 4 rings (SSSR count). The lowest BCUT2D eigenvalue weighted by molar-refractivity contribution is -0.120. The Morgan fingerprint density at radius 1 is 0.844 bits per heavy atom. The number of imide groups is 1. The van der Waals surface area contributed by atoms with Gasteiger partial charge in [-0.25, -0.2) is 9.29 Å². The third-order valence-corrected chi connectivity index (χ3v) is 5.21. The molecule has 1 aliphatic heterocycles. The van der Waals surface area contributed by atoms with Gasteiger partial charge in [-0.3, -0.25) is 9.59 Å². The molecule has 0 fully saturated rings. The number of halogens is 1. The summed E-state index contributed by atoms with van der Waals surface area (Å²) in [5, 5.41) is 2.95. The van der Waals surface area contributed by atoms with Crippen LogP contribution in [0.25, 0.3) is 5.57 Å². The van der Waals surface area contributed by atoms with Crippen molar-refractivity contribution in [3.05, 3.63) is 89.4 Å². The zero-order valence-electron chi connectivity index (χ0n) is 17.8. The molecule has 0 aliphatic carbocycles. The molecule has 0 aromatic heterocycles. The van der Waals surface area contributed by atoms with E-state index in [1.54, 1.807) is 36.4 Å². The molecule has 0 unspecified atom stereocenters. The fourth-order valence-electron chi connectivity index (χ4n) is 3.65. The smallest absolute Gasteiger partial charge is 0.282 e. The van der Waals surface area contributed by atoms with E-state index in [1.165, 1.54) is 32.4 Å². The summed E-state index contributed by atoms with van der Waals surface area (Å²) in [7, 11) is 3.00. The van der Waals surface area contributed by atoms with Crippen LogP contribution in [0.2, 0.25) is 0 Å². The average Bonchev–Trinajstić information content (AvgIpc) is 3.03. The molecule has 7 heteroatoms. The molecule has 2 amide bonds. The Bertz CT molecular complexity index is 1250. The Morgan fingerprint density at radius 2 is 1.59 bits per heavy atom. The number of aryl methyl sites for hydroxylation is 1. The van der Waals surface area contributed by atoms with Gasteiger partial charge in [0, 0.05) is 5.69 Å². The number of carbonyl (C=O) groups is 2. The van der Waals surface area contributed by atoms with E-state index in [0.29, 0.717) is 28.4 Å². The van der Waals surface area contributed by atoms with Crippen molar-refractivity contribution in [3.63, 3.8) is 0 Å². The monoisotopic (exact) mass is 432 g/mol. The van der Waals surface area contributed by atoms with Crippen molar-refractivity contribution in [2.45, 2.75) is 6.92 Å². The second-order valence-electron chi connectivity index (χ2n) is 7.19. The van der Waals surface area contributed by atoms with Gasteiger partial charge in [-0.05, 0) is 54.4 Å². The van der Waals surface area contributed by atoms with Crippen molar-refractivity contribution in [2.24, 2.45) is 0 Å². The normalized spacial score (nSPS) is 13.6. The molecule has 0 saturated carbocycles. The molecule has 162 valence electrons. The van der Waals surface area contributed by atoms with Gasteiger partial charge in [-0.1, -0.05) is 30.3 Å². The molecule has 1 heterocycles. The third kappa shape index (κ3) is 3.69. The summed E-state index contributed by atoms with van der Waals surface area (Å²) in [6.07, 6.45) is 0. The fraction of sp³-hybridized carbons (Fsp3) is 0.120. The molecule has 1 N–H and O–H groups in total. The summed E-state index contributed by atoms with van der Waals surface area (Å²) in [4.78, 5) is 28.1. The van der Waals surface area contributed by atoms with Crippen LogP contribution < -0.4 is 19.7 Å². The van der Waals surface area contributed by atoms with E-state index in [4.69, 9.17) is 9.47 Å². The highest BCUT2D eigenvalue weighted by Gasteiger charge is 2.41. The highest BCUT2D eigenvalue weighted by Crippen LogP contribution is 2.38. The summed E-state index contributed by atoms with van der Waals surface area (Å²) in [5.41, 5.74) is 2.28. The molecule has 0 bridgehead atoms. The maximum atomic E-state index is 13.8. The maximum Gasteiger partial charge on any atom is 0.282 e. The van der Waals surface area contributed by atoms with Gasteiger partial charge in [-0.2, -0.15) is 0 Å². The molecule has 3 aromatic carbocycles. The van der Waals surface area contributed by atoms with Crippen molar-refractivity contribution in [1.29, 1.82) is 0 Å². The van der Waals surface area contributed by atoms with Gasteiger partial charge < -0.3 is 14.8 Å². The Balaban J connectivity index is 1.87. The second-order valence-corrected chi connectivity index (χ2v) is 7.19. The largest absolute Gasteiger partial charge is 0.493 e. The Labute approximate surface area is 184 Å². The van der Waals surface area contributed by atoms with Gasteiger partial charge in [0.1, 0.15) is 11.5 Å². The van der Waals surface area contributed by atoms with Gasteiger partial charge in [-0.15, -0.1) is 0 Å². The van der Waals surface area contributed by atoms with Crippen molar-refractivity contribution < 1.29 is 23.5 Å². The third-order valence-electron chi connectivity index (χ3n) is 5.21. The van der Waals surface area contributed by atoms with Crippen LogP contribution in [-0.4, -0.2) is 26.0 Å². The number of anilines is 2. The minimum atomic E-state index is -0.529. The predicted molar refractivity (Wildman–Crippen MR) is 120 cm³/mol. The molecule has 0 radical (unpaired) electrons. The number of nitrogens with zero attached hydrogens (tertiary/aromatic N) is 1. The van der Waals surface area contributed by atoms with E-state index in [2.05, 4.69) is 5.32 Å². The van der Waals surface area contributed by atoms with Gasteiger partial charge in [0.2, 0.25) is 0 Å². The number of carbonyl (C=O) groups excluding carboxylic acids is 2. The summed E-state index contributed by atoms with van der Waals surface area (Å²) >= 11 is 0. The number of nitrogens with one attached hydrogen (secondary N) is 1. The van der Waals surface area contributed by atoms with E-state index in [9.17, 15) is 14.0 Å². The van der Waals surface area contributed by atoms with Gasteiger partial charge in [0.25, 0.3) is 11.8 Å². The van der Waals surface area contributed by atoms with Crippen molar-refractivity contribution in [2.75, 3.05) is 24.4 Å². The summed E-state index contributed by atoms with van der Waals surface area (Å²) in [5.74, 6) is -0.578. The van der Waals surface area contributed by atoms with E-state index >= 15 is 0 Å². The summed E-state index contributed by atoms with van der Waals surface area (Å²) < 4.78 is 24.4. The molecule has 32 heavy (non-hydrogen) atoms. The van der Waals surface area contributed by atoms with E-state index in [0.717, 1.165) is 10.5 Å². The van der Waals surface area contributed by atoms with Gasteiger partial charge in [0.05, 0.1) is 25.5 Å². The van der Waals surface area contributed by atoms with Crippen LogP contribution in [0.1, 0.15) is 11.1 Å². The minimum absolute atomic E-state index is 0.0519.